The SMILES string of the molecule is Cn1c(SCC(=O)N2CCOCC2)nnc1-c1ccccc1Cl. The summed E-state index contributed by atoms with van der Waals surface area (Å²) in [6.45, 7) is 2.53. The highest BCUT2D eigenvalue weighted by atomic mass is 35.5. The molecule has 0 saturated carbocycles. The predicted molar refractivity (Wildman–Crippen MR) is 89.6 cm³/mol. The van der Waals surface area contributed by atoms with E-state index in [1.54, 1.807) is 0 Å². The fraction of sp³-hybridized carbons (Fsp3) is 0.400. The fourth-order valence-corrected chi connectivity index (χ4v) is 3.38. The van der Waals surface area contributed by atoms with Crippen molar-refractivity contribution in [1.29, 1.82) is 0 Å². The van der Waals surface area contributed by atoms with Gasteiger partial charge in [0.05, 0.1) is 24.0 Å². The van der Waals surface area contributed by atoms with Crippen LogP contribution in [0.3, 0.4) is 0 Å². The van der Waals surface area contributed by atoms with Crippen LogP contribution in [0, 0.1) is 0 Å². The summed E-state index contributed by atoms with van der Waals surface area (Å²) in [6, 6.07) is 7.50. The van der Waals surface area contributed by atoms with E-state index in [0.717, 1.165) is 5.56 Å². The first-order valence-corrected chi connectivity index (χ1v) is 8.66. The number of carbonyl (C=O) groups is 1. The maximum Gasteiger partial charge on any atom is 0.233 e. The third kappa shape index (κ3) is 3.68. The normalized spacial score (nSPS) is 15.0. The number of thioether (sulfide) groups is 1. The monoisotopic (exact) mass is 352 g/mol. The molecule has 0 bridgehead atoms. The van der Waals surface area contributed by atoms with Crippen molar-refractivity contribution in [3.63, 3.8) is 0 Å². The summed E-state index contributed by atoms with van der Waals surface area (Å²) in [7, 11) is 1.88. The molecule has 1 aromatic carbocycles. The molecule has 3 rings (SSSR count). The molecule has 0 radical (unpaired) electrons. The number of benzene rings is 1. The minimum Gasteiger partial charge on any atom is -0.378 e. The zero-order valence-electron chi connectivity index (χ0n) is 12.7. The second kappa shape index (κ2) is 7.33. The molecule has 122 valence electrons. The van der Waals surface area contributed by atoms with Crippen molar-refractivity contribution < 1.29 is 9.53 Å². The highest BCUT2D eigenvalue weighted by Crippen LogP contribution is 2.28. The van der Waals surface area contributed by atoms with E-state index in [9.17, 15) is 4.79 Å². The van der Waals surface area contributed by atoms with Crippen molar-refractivity contribution in [3.8, 4) is 11.4 Å². The van der Waals surface area contributed by atoms with E-state index in [4.69, 9.17) is 16.3 Å². The standard InChI is InChI=1S/C15H17ClN4O2S/c1-19-14(11-4-2-3-5-12(11)16)17-18-15(19)23-10-13(21)20-6-8-22-9-7-20/h2-5H,6-10H2,1H3. The summed E-state index contributed by atoms with van der Waals surface area (Å²) < 4.78 is 7.12. The van der Waals surface area contributed by atoms with Gasteiger partial charge in [-0.15, -0.1) is 10.2 Å². The number of hydrogen-bond donors (Lipinski definition) is 0. The molecular weight excluding hydrogens is 336 g/mol. The third-order valence-electron chi connectivity index (χ3n) is 3.64. The van der Waals surface area contributed by atoms with Crippen LogP contribution in [-0.2, 0) is 16.6 Å². The van der Waals surface area contributed by atoms with Crippen molar-refractivity contribution in [1.82, 2.24) is 19.7 Å². The number of rotatable bonds is 4. The van der Waals surface area contributed by atoms with Crippen molar-refractivity contribution in [3.05, 3.63) is 29.3 Å². The van der Waals surface area contributed by atoms with Gasteiger partial charge in [0.1, 0.15) is 0 Å². The molecule has 1 aromatic heterocycles. The molecule has 0 atom stereocenters. The lowest BCUT2D eigenvalue weighted by atomic mass is 10.2. The number of halogens is 1. The van der Waals surface area contributed by atoms with E-state index < -0.39 is 0 Å². The lowest BCUT2D eigenvalue weighted by Gasteiger charge is -2.26. The van der Waals surface area contributed by atoms with Gasteiger partial charge in [-0.05, 0) is 12.1 Å². The van der Waals surface area contributed by atoms with Crippen LogP contribution in [0.4, 0.5) is 0 Å². The number of nitrogens with zero attached hydrogens (tertiary/aromatic N) is 4. The van der Waals surface area contributed by atoms with Gasteiger partial charge in [-0.2, -0.15) is 0 Å². The Labute approximate surface area is 143 Å². The van der Waals surface area contributed by atoms with Crippen LogP contribution in [0.25, 0.3) is 11.4 Å². The molecule has 1 aliphatic rings. The summed E-state index contributed by atoms with van der Waals surface area (Å²) in [6.07, 6.45) is 0. The van der Waals surface area contributed by atoms with Gasteiger partial charge >= 0.3 is 0 Å². The molecule has 1 amide bonds. The molecule has 0 aliphatic carbocycles. The Kier molecular flexibility index (Phi) is 5.20. The van der Waals surface area contributed by atoms with Crippen LogP contribution in [0.5, 0.6) is 0 Å². The predicted octanol–water partition coefficient (Wildman–Crippen LogP) is 2.09. The zero-order valence-corrected chi connectivity index (χ0v) is 14.3. The first-order chi connectivity index (χ1) is 11.2. The zero-order chi connectivity index (χ0) is 16.2. The van der Waals surface area contributed by atoms with Crippen LogP contribution >= 0.6 is 23.4 Å². The first kappa shape index (κ1) is 16.3. The lowest BCUT2D eigenvalue weighted by Crippen LogP contribution is -2.41. The van der Waals surface area contributed by atoms with Crippen LogP contribution in [-0.4, -0.2) is 57.6 Å². The second-order valence-electron chi connectivity index (χ2n) is 5.13. The molecule has 0 N–H and O–H groups in total. The van der Waals surface area contributed by atoms with E-state index in [2.05, 4.69) is 10.2 Å². The Hall–Kier alpha value is -1.57. The number of ether oxygens (including phenoxy) is 1. The Morgan fingerprint density at radius 2 is 2.04 bits per heavy atom. The van der Waals surface area contributed by atoms with Crippen molar-refractivity contribution >= 4 is 29.3 Å². The van der Waals surface area contributed by atoms with Gasteiger partial charge in [-0.1, -0.05) is 35.5 Å². The summed E-state index contributed by atoms with van der Waals surface area (Å²) in [5.74, 6) is 1.13. The summed E-state index contributed by atoms with van der Waals surface area (Å²) in [5, 5.41) is 9.70. The van der Waals surface area contributed by atoms with E-state index in [1.807, 2.05) is 40.8 Å². The van der Waals surface area contributed by atoms with Gasteiger partial charge in [0.15, 0.2) is 11.0 Å². The molecule has 1 saturated heterocycles. The molecule has 8 heteroatoms. The number of aromatic nitrogens is 3. The average molecular weight is 353 g/mol. The van der Waals surface area contributed by atoms with Gasteiger partial charge in [0.25, 0.3) is 0 Å². The maximum atomic E-state index is 12.2. The van der Waals surface area contributed by atoms with Crippen LogP contribution < -0.4 is 0 Å². The van der Waals surface area contributed by atoms with Crippen molar-refractivity contribution in [2.45, 2.75) is 5.16 Å². The molecule has 2 heterocycles. The topological polar surface area (TPSA) is 60.2 Å². The minimum atomic E-state index is 0.0978. The van der Waals surface area contributed by atoms with Gasteiger partial charge in [0, 0.05) is 25.7 Å². The minimum absolute atomic E-state index is 0.0978. The maximum absolute atomic E-state index is 12.2. The van der Waals surface area contributed by atoms with Gasteiger partial charge in [0.2, 0.25) is 5.91 Å². The first-order valence-electron chi connectivity index (χ1n) is 7.29. The van der Waals surface area contributed by atoms with Crippen LogP contribution in [0.2, 0.25) is 5.02 Å². The number of morpholine rings is 1. The molecule has 23 heavy (non-hydrogen) atoms. The Morgan fingerprint density at radius 1 is 1.30 bits per heavy atom. The fourth-order valence-electron chi connectivity index (χ4n) is 2.35. The van der Waals surface area contributed by atoms with E-state index in [0.29, 0.717) is 48.1 Å². The third-order valence-corrected chi connectivity index (χ3v) is 4.97. The summed E-state index contributed by atoms with van der Waals surface area (Å²) >= 11 is 7.59. The Morgan fingerprint density at radius 3 is 2.78 bits per heavy atom. The average Bonchev–Trinajstić information content (AvgIpc) is 2.94. The Bertz CT molecular complexity index is 701. The summed E-state index contributed by atoms with van der Waals surface area (Å²) in [4.78, 5) is 14.0. The van der Waals surface area contributed by atoms with Gasteiger partial charge in [-0.25, -0.2) is 0 Å². The van der Waals surface area contributed by atoms with Gasteiger partial charge in [-0.3, -0.25) is 4.79 Å². The second-order valence-corrected chi connectivity index (χ2v) is 6.48. The smallest absolute Gasteiger partial charge is 0.233 e. The van der Waals surface area contributed by atoms with Crippen LogP contribution in [0.15, 0.2) is 29.4 Å². The van der Waals surface area contributed by atoms with E-state index >= 15 is 0 Å². The molecule has 2 aromatic rings. The Balaban J connectivity index is 1.68. The highest BCUT2D eigenvalue weighted by Gasteiger charge is 2.19. The van der Waals surface area contributed by atoms with Crippen molar-refractivity contribution in [2.24, 2.45) is 7.05 Å². The summed E-state index contributed by atoms with van der Waals surface area (Å²) in [5.41, 5.74) is 0.829. The number of carbonyl (C=O) groups excluding carboxylic acids is 1. The largest absolute Gasteiger partial charge is 0.378 e. The number of amides is 1. The molecule has 0 spiro atoms. The quantitative estimate of drug-likeness (QED) is 0.788. The number of hydrogen-bond acceptors (Lipinski definition) is 5. The van der Waals surface area contributed by atoms with Crippen LogP contribution in [0.1, 0.15) is 0 Å². The van der Waals surface area contributed by atoms with Crippen molar-refractivity contribution in [2.75, 3.05) is 32.1 Å². The van der Waals surface area contributed by atoms with E-state index in [-0.39, 0.29) is 5.91 Å². The molecule has 0 unspecified atom stereocenters. The highest BCUT2D eigenvalue weighted by molar-refractivity contribution is 7.99. The van der Waals surface area contributed by atoms with E-state index in [1.165, 1.54) is 11.8 Å². The molecular formula is C15H17ClN4O2S. The molecule has 1 aliphatic heterocycles. The molecule has 6 nitrogen and oxygen atoms in total. The molecule has 1 fully saturated rings. The van der Waals surface area contributed by atoms with Gasteiger partial charge < -0.3 is 14.2 Å². The lowest BCUT2D eigenvalue weighted by molar-refractivity contribution is -0.132.